The van der Waals surface area contributed by atoms with Crippen molar-refractivity contribution in [1.29, 1.82) is 0 Å². The number of nitrogens with zero attached hydrogens (tertiary/aromatic N) is 1. The molecule has 1 saturated heterocycles. The van der Waals surface area contributed by atoms with Crippen LogP contribution in [0, 0.1) is 0 Å². The van der Waals surface area contributed by atoms with Crippen LogP contribution in [0.2, 0.25) is 0 Å². The average molecular weight is 540 g/mol. The molecule has 1 heterocycles. The number of rotatable bonds is 11. The highest BCUT2D eigenvalue weighted by atomic mass is 32.2. The third-order valence-corrected chi connectivity index (χ3v) is 7.68. The molecule has 0 saturated carbocycles. The van der Waals surface area contributed by atoms with Crippen LogP contribution < -0.4 is 19.5 Å². The minimum absolute atomic E-state index is 0.0354. The molecular formula is C28H33N3O6S. The van der Waals surface area contributed by atoms with Crippen molar-refractivity contribution in [3.8, 4) is 11.5 Å². The third-order valence-electron chi connectivity index (χ3n) is 6.29. The fraction of sp³-hybridized carbons (Fsp3) is 0.321. The van der Waals surface area contributed by atoms with Crippen LogP contribution in [0.4, 0.5) is 5.69 Å². The number of amides is 1. The van der Waals surface area contributed by atoms with Crippen LogP contribution in [0.3, 0.4) is 0 Å². The van der Waals surface area contributed by atoms with Crippen LogP contribution >= 0.6 is 0 Å². The first kappa shape index (κ1) is 27.4. The van der Waals surface area contributed by atoms with E-state index in [0.717, 1.165) is 24.4 Å². The second-order valence-electron chi connectivity index (χ2n) is 8.73. The predicted octanol–water partition coefficient (Wildman–Crippen LogP) is 3.70. The van der Waals surface area contributed by atoms with Crippen molar-refractivity contribution in [2.24, 2.45) is 0 Å². The molecule has 202 valence electrons. The number of carbonyl (C=O) groups is 1. The van der Waals surface area contributed by atoms with Gasteiger partial charge in [-0.2, -0.15) is 0 Å². The Hall–Kier alpha value is -3.60. The standard InChI is InChI=1S/C28H33N3O6S/c1-3-37-25-12-8-23(9-13-25)30-38(33,34)26-14-6-22(7-15-26)28(32)29-20-27(31-16-18-36-19-17-31)21-4-10-24(35-2)11-5-21/h4-15,27,30H,3,16-20H2,1-2H3,(H,29,32)/t27-/m1/s1. The number of hydrogen-bond acceptors (Lipinski definition) is 7. The fourth-order valence-corrected chi connectivity index (χ4v) is 5.31. The molecule has 0 aromatic heterocycles. The smallest absolute Gasteiger partial charge is 0.261 e. The van der Waals surface area contributed by atoms with Gasteiger partial charge in [-0.05, 0) is 73.2 Å². The minimum atomic E-state index is -3.81. The lowest BCUT2D eigenvalue weighted by atomic mass is 10.0. The zero-order valence-corrected chi connectivity index (χ0v) is 22.4. The van der Waals surface area contributed by atoms with Crippen molar-refractivity contribution in [2.45, 2.75) is 17.9 Å². The Labute approximate surface area is 223 Å². The summed E-state index contributed by atoms with van der Waals surface area (Å²) in [6, 6.07) is 20.3. The Morgan fingerprint density at radius 2 is 1.58 bits per heavy atom. The summed E-state index contributed by atoms with van der Waals surface area (Å²) in [5.74, 6) is 1.15. The maximum absolute atomic E-state index is 12.9. The van der Waals surface area contributed by atoms with E-state index in [1.54, 1.807) is 31.4 Å². The van der Waals surface area contributed by atoms with Gasteiger partial charge in [0.2, 0.25) is 0 Å². The van der Waals surface area contributed by atoms with Gasteiger partial charge in [-0.3, -0.25) is 14.4 Å². The normalized spacial score (nSPS) is 14.9. The molecule has 10 heteroatoms. The summed E-state index contributed by atoms with van der Waals surface area (Å²) in [7, 11) is -2.19. The second kappa shape index (κ2) is 12.8. The molecule has 1 amide bonds. The largest absolute Gasteiger partial charge is 0.497 e. The van der Waals surface area contributed by atoms with Gasteiger partial charge in [0.1, 0.15) is 11.5 Å². The van der Waals surface area contributed by atoms with E-state index in [1.165, 1.54) is 24.3 Å². The van der Waals surface area contributed by atoms with E-state index in [-0.39, 0.29) is 16.8 Å². The number of carbonyl (C=O) groups excluding carboxylic acids is 1. The number of hydrogen-bond donors (Lipinski definition) is 2. The summed E-state index contributed by atoms with van der Waals surface area (Å²) >= 11 is 0. The maximum atomic E-state index is 12.9. The first-order valence-electron chi connectivity index (χ1n) is 12.5. The van der Waals surface area contributed by atoms with Crippen LogP contribution in [0.1, 0.15) is 28.9 Å². The highest BCUT2D eigenvalue weighted by Gasteiger charge is 2.24. The predicted molar refractivity (Wildman–Crippen MR) is 145 cm³/mol. The van der Waals surface area contributed by atoms with E-state index < -0.39 is 10.0 Å². The molecule has 1 aliphatic heterocycles. The molecule has 3 aromatic rings. The molecule has 1 aliphatic rings. The molecule has 4 rings (SSSR count). The van der Waals surface area contributed by atoms with Gasteiger partial charge < -0.3 is 19.5 Å². The summed E-state index contributed by atoms with van der Waals surface area (Å²) in [5.41, 5.74) is 1.86. The summed E-state index contributed by atoms with van der Waals surface area (Å²) in [6.45, 7) is 5.61. The summed E-state index contributed by atoms with van der Waals surface area (Å²) in [6.07, 6.45) is 0. The summed E-state index contributed by atoms with van der Waals surface area (Å²) in [5, 5.41) is 3.01. The van der Waals surface area contributed by atoms with Gasteiger partial charge in [0.05, 0.1) is 37.9 Å². The van der Waals surface area contributed by atoms with Gasteiger partial charge in [0.15, 0.2) is 0 Å². The molecule has 1 atom stereocenters. The minimum Gasteiger partial charge on any atom is -0.497 e. The molecule has 0 spiro atoms. The van der Waals surface area contributed by atoms with Gasteiger partial charge in [0.25, 0.3) is 15.9 Å². The number of anilines is 1. The Balaban J connectivity index is 1.41. The number of ether oxygens (including phenoxy) is 3. The number of methoxy groups -OCH3 is 1. The maximum Gasteiger partial charge on any atom is 0.261 e. The molecule has 9 nitrogen and oxygen atoms in total. The van der Waals surface area contributed by atoms with E-state index in [1.807, 2.05) is 31.2 Å². The Bertz CT molecular complexity index is 1290. The number of sulfonamides is 1. The zero-order chi connectivity index (χ0) is 27.0. The average Bonchev–Trinajstić information content (AvgIpc) is 2.95. The molecular weight excluding hydrogens is 506 g/mol. The highest BCUT2D eigenvalue weighted by Crippen LogP contribution is 2.24. The lowest BCUT2D eigenvalue weighted by molar-refractivity contribution is 0.0162. The van der Waals surface area contributed by atoms with E-state index >= 15 is 0 Å². The summed E-state index contributed by atoms with van der Waals surface area (Å²) in [4.78, 5) is 15.3. The van der Waals surface area contributed by atoms with Crippen molar-refractivity contribution in [3.63, 3.8) is 0 Å². The Kier molecular flexibility index (Phi) is 9.22. The van der Waals surface area contributed by atoms with Gasteiger partial charge in [0, 0.05) is 30.9 Å². The molecule has 38 heavy (non-hydrogen) atoms. The van der Waals surface area contributed by atoms with Gasteiger partial charge in [-0.15, -0.1) is 0 Å². The van der Waals surface area contributed by atoms with Crippen molar-refractivity contribution < 1.29 is 27.4 Å². The lowest BCUT2D eigenvalue weighted by Gasteiger charge is -2.35. The van der Waals surface area contributed by atoms with Crippen molar-refractivity contribution in [1.82, 2.24) is 10.2 Å². The van der Waals surface area contributed by atoms with Crippen LogP contribution in [0.15, 0.2) is 77.7 Å². The van der Waals surface area contributed by atoms with E-state index in [4.69, 9.17) is 14.2 Å². The van der Waals surface area contributed by atoms with E-state index in [0.29, 0.717) is 43.4 Å². The quantitative estimate of drug-likeness (QED) is 0.383. The second-order valence-corrected chi connectivity index (χ2v) is 10.4. The number of benzene rings is 3. The SMILES string of the molecule is CCOc1ccc(NS(=O)(=O)c2ccc(C(=O)NC[C@H](c3ccc(OC)cc3)N3CCOCC3)cc2)cc1. The first-order valence-corrected chi connectivity index (χ1v) is 14.0. The summed E-state index contributed by atoms with van der Waals surface area (Å²) < 4.78 is 44.3. The van der Waals surface area contributed by atoms with Gasteiger partial charge in [-0.1, -0.05) is 12.1 Å². The van der Waals surface area contributed by atoms with E-state index in [9.17, 15) is 13.2 Å². The molecule has 2 N–H and O–H groups in total. The van der Waals surface area contributed by atoms with Crippen LogP contribution in [0.5, 0.6) is 11.5 Å². The van der Waals surface area contributed by atoms with Crippen molar-refractivity contribution >= 4 is 21.6 Å². The lowest BCUT2D eigenvalue weighted by Crippen LogP contribution is -2.43. The van der Waals surface area contributed by atoms with Crippen LogP contribution in [0.25, 0.3) is 0 Å². The highest BCUT2D eigenvalue weighted by molar-refractivity contribution is 7.92. The number of nitrogens with one attached hydrogen (secondary N) is 2. The number of morpholine rings is 1. The molecule has 0 radical (unpaired) electrons. The Morgan fingerprint density at radius 3 is 2.18 bits per heavy atom. The van der Waals surface area contributed by atoms with Gasteiger partial charge in [-0.25, -0.2) is 8.42 Å². The van der Waals surface area contributed by atoms with Crippen LogP contribution in [-0.2, 0) is 14.8 Å². The van der Waals surface area contributed by atoms with E-state index in [2.05, 4.69) is 14.9 Å². The third kappa shape index (κ3) is 7.03. The van der Waals surface area contributed by atoms with Crippen molar-refractivity contribution in [3.05, 3.63) is 83.9 Å². The monoisotopic (exact) mass is 539 g/mol. The van der Waals surface area contributed by atoms with Crippen LogP contribution in [-0.4, -0.2) is 65.8 Å². The molecule has 0 aliphatic carbocycles. The van der Waals surface area contributed by atoms with Gasteiger partial charge >= 0.3 is 0 Å². The fourth-order valence-electron chi connectivity index (χ4n) is 4.25. The molecule has 1 fully saturated rings. The van der Waals surface area contributed by atoms with Crippen molar-refractivity contribution in [2.75, 3.05) is 51.3 Å². The zero-order valence-electron chi connectivity index (χ0n) is 21.6. The molecule has 3 aromatic carbocycles. The molecule has 0 unspecified atom stereocenters. The first-order chi connectivity index (χ1) is 18.4. The Morgan fingerprint density at radius 1 is 0.947 bits per heavy atom. The molecule has 0 bridgehead atoms. The topological polar surface area (TPSA) is 106 Å².